The molecule has 1 aromatic carbocycles. The molecule has 0 radical (unpaired) electrons. The number of carbonyl (C=O) groups excluding carboxylic acids is 2. The maximum Gasteiger partial charge on any atom is 0.252 e. The molecular weight excluding hydrogens is 346 g/mol. The Morgan fingerprint density at radius 1 is 1.24 bits per heavy atom. The van der Waals surface area contributed by atoms with Crippen LogP contribution in [0.4, 0.5) is 8.78 Å². The molecule has 5 nitrogen and oxygen atoms in total. The number of nitrogens with two attached hydrogens (primary N) is 1. The number of hydrogen-bond donors (Lipinski definition) is 2. The summed E-state index contributed by atoms with van der Waals surface area (Å²) >= 11 is 0. The van der Waals surface area contributed by atoms with Gasteiger partial charge in [-0.3, -0.25) is 9.59 Å². The second kappa shape index (κ2) is 8.05. The standard InChI is InChI=1S/C17H26F2N2O3Si/c1-17(2,3)25(4,5)24-9-8-14(15(20)22)21-16(23)11-6-7-12(18)13(19)10-11/h6-7,10,14H,8-9H2,1-5H3,(H2,20,22)(H,21,23)/t14-/m0/s1. The van der Waals surface area contributed by atoms with Gasteiger partial charge in [-0.25, -0.2) is 8.78 Å². The van der Waals surface area contributed by atoms with E-state index in [1.165, 1.54) is 0 Å². The first kappa shape index (κ1) is 21.2. The lowest BCUT2D eigenvalue weighted by molar-refractivity contribution is -0.120. The highest BCUT2D eigenvalue weighted by molar-refractivity contribution is 6.74. The summed E-state index contributed by atoms with van der Waals surface area (Å²) in [6.07, 6.45) is 0.206. The molecular formula is C17H26F2N2O3Si. The molecule has 0 saturated heterocycles. The van der Waals surface area contributed by atoms with Gasteiger partial charge in [0.25, 0.3) is 5.91 Å². The van der Waals surface area contributed by atoms with E-state index < -0.39 is 37.8 Å². The molecule has 0 unspecified atom stereocenters. The largest absolute Gasteiger partial charge is 0.417 e. The van der Waals surface area contributed by atoms with Crippen LogP contribution in [0.25, 0.3) is 0 Å². The number of amides is 2. The van der Waals surface area contributed by atoms with Gasteiger partial charge >= 0.3 is 0 Å². The van der Waals surface area contributed by atoms with Crippen molar-refractivity contribution in [2.75, 3.05) is 6.61 Å². The molecule has 140 valence electrons. The lowest BCUT2D eigenvalue weighted by Crippen LogP contribution is -2.47. The van der Waals surface area contributed by atoms with E-state index in [2.05, 4.69) is 39.2 Å². The van der Waals surface area contributed by atoms with Crippen molar-refractivity contribution < 1.29 is 22.8 Å². The van der Waals surface area contributed by atoms with Gasteiger partial charge in [-0.15, -0.1) is 0 Å². The van der Waals surface area contributed by atoms with Gasteiger partial charge in [-0.05, 0) is 42.8 Å². The number of rotatable bonds is 7. The second-order valence-electron chi connectivity index (χ2n) is 7.45. The van der Waals surface area contributed by atoms with Gasteiger partial charge in [-0.2, -0.15) is 0 Å². The second-order valence-corrected chi connectivity index (χ2v) is 12.3. The SMILES string of the molecule is CC(C)(C)[Si](C)(C)OCC[C@H](NC(=O)c1ccc(F)c(F)c1)C(N)=O. The monoisotopic (exact) mass is 372 g/mol. The molecule has 25 heavy (non-hydrogen) atoms. The van der Waals surface area contributed by atoms with Gasteiger partial charge in [0.2, 0.25) is 5.91 Å². The third-order valence-corrected chi connectivity index (χ3v) is 9.04. The van der Waals surface area contributed by atoms with Crippen molar-refractivity contribution in [1.82, 2.24) is 5.32 Å². The first-order valence-corrected chi connectivity index (χ1v) is 10.9. The number of benzene rings is 1. The van der Waals surface area contributed by atoms with Crippen LogP contribution in [-0.4, -0.2) is 32.8 Å². The molecule has 0 aliphatic rings. The molecule has 8 heteroatoms. The van der Waals surface area contributed by atoms with Crippen LogP contribution < -0.4 is 11.1 Å². The quantitative estimate of drug-likeness (QED) is 0.722. The highest BCUT2D eigenvalue weighted by atomic mass is 28.4. The zero-order valence-corrected chi connectivity index (χ0v) is 16.3. The summed E-state index contributed by atoms with van der Waals surface area (Å²) in [6.45, 7) is 10.7. The number of primary amides is 1. The number of halogens is 2. The van der Waals surface area contributed by atoms with Gasteiger partial charge in [0.1, 0.15) is 6.04 Å². The Hall–Kier alpha value is -1.80. The van der Waals surface area contributed by atoms with E-state index in [-0.39, 0.29) is 23.6 Å². The molecule has 0 aliphatic carbocycles. The third-order valence-electron chi connectivity index (χ3n) is 4.51. The Balaban J connectivity index is 2.70. The fraction of sp³-hybridized carbons (Fsp3) is 0.529. The fourth-order valence-electron chi connectivity index (χ4n) is 1.81. The molecule has 0 fully saturated rings. The van der Waals surface area contributed by atoms with Crippen molar-refractivity contribution in [2.45, 2.75) is 51.4 Å². The average molecular weight is 372 g/mol. The highest BCUT2D eigenvalue weighted by Crippen LogP contribution is 2.36. The highest BCUT2D eigenvalue weighted by Gasteiger charge is 2.37. The molecule has 3 N–H and O–H groups in total. The van der Waals surface area contributed by atoms with Crippen molar-refractivity contribution in [2.24, 2.45) is 5.73 Å². The van der Waals surface area contributed by atoms with Crippen LogP contribution in [0.5, 0.6) is 0 Å². The van der Waals surface area contributed by atoms with Crippen molar-refractivity contribution in [3.63, 3.8) is 0 Å². The zero-order valence-electron chi connectivity index (χ0n) is 15.3. The summed E-state index contributed by atoms with van der Waals surface area (Å²) in [5, 5.41) is 2.46. The minimum absolute atomic E-state index is 0.0180. The molecule has 1 rings (SSSR count). The first-order chi connectivity index (χ1) is 11.3. The molecule has 1 atom stereocenters. The smallest absolute Gasteiger partial charge is 0.252 e. The summed E-state index contributed by atoms with van der Waals surface area (Å²) < 4.78 is 32.1. The number of nitrogens with one attached hydrogen (secondary N) is 1. The van der Waals surface area contributed by atoms with E-state index in [1.807, 2.05) is 0 Å². The normalized spacial score (nSPS) is 13.4. The molecule has 0 aromatic heterocycles. The topological polar surface area (TPSA) is 81.4 Å². The lowest BCUT2D eigenvalue weighted by atomic mass is 10.1. The summed E-state index contributed by atoms with van der Waals surface area (Å²) in [5.41, 5.74) is 5.23. The van der Waals surface area contributed by atoms with Crippen molar-refractivity contribution in [3.8, 4) is 0 Å². The molecule has 1 aromatic rings. The predicted molar refractivity (Wildman–Crippen MR) is 94.6 cm³/mol. The summed E-state index contributed by atoms with van der Waals surface area (Å²) in [4.78, 5) is 23.7. The average Bonchev–Trinajstić information content (AvgIpc) is 2.47. The van der Waals surface area contributed by atoms with Crippen LogP contribution in [0.3, 0.4) is 0 Å². The lowest BCUT2D eigenvalue weighted by Gasteiger charge is -2.36. The zero-order chi connectivity index (χ0) is 19.4. The Morgan fingerprint density at radius 2 is 1.84 bits per heavy atom. The maximum absolute atomic E-state index is 13.2. The minimum Gasteiger partial charge on any atom is -0.417 e. The molecule has 0 aliphatic heterocycles. The van der Waals surface area contributed by atoms with Crippen molar-refractivity contribution in [1.29, 1.82) is 0 Å². The van der Waals surface area contributed by atoms with Crippen LogP contribution in [-0.2, 0) is 9.22 Å². The van der Waals surface area contributed by atoms with Crippen LogP contribution in [0.15, 0.2) is 18.2 Å². The van der Waals surface area contributed by atoms with Crippen LogP contribution in [0.1, 0.15) is 37.6 Å². The van der Waals surface area contributed by atoms with Crippen molar-refractivity contribution >= 4 is 20.1 Å². The number of carbonyl (C=O) groups is 2. The summed E-state index contributed by atoms with van der Waals surface area (Å²) in [7, 11) is -1.98. The van der Waals surface area contributed by atoms with E-state index in [1.54, 1.807) is 0 Å². The van der Waals surface area contributed by atoms with Crippen LogP contribution in [0, 0.1) is 11.6 Å². The Kier molecular flexibility index (Phi) is 6.84. The maximum atomic E-state index is 13.2. The predicted octanol–water partition coefficient (Wildman–Crippen LogP) is 2.96. The summed E-state index contributed by atoms with van der Waals surface area (Å²) in [5.74, 6) is -3.60. The van der Waals surface area contributed by atoms with Gasteiger partial charge in [-0.1, -0.05) is 20.8 Å². The van der Waals surface area contributed by atoms with Gasteiger partial charge < -0.3 is 15.5 Å². The van der Waals surface area contributed by atoms with Gasteiger partial charge in [0, 0.05) is 12.2 Å². The van der Waals surface area contributed by atoms with E-state index in [0.29, 0.717) is 0 Å². The molecule has 0 saturated carbocycles. The van der Waals surface area contributed by atoms with E-state index in [9.17, 15) is 18.4 Å². The van der Waals surface area contributed by atoms with Crippen molar-refractivity contribution in [3.05, 3.63) is 35.4 Å². The molecule has 0 heterocycles. The van der Waals surface area contributed by atoms with Crippen LogP contribution >= 0.6 is 0 Å². The van der Waals surface area contributed by atoms with Gasteiger partial charge in [0.05, 0.1) is 0 Å². The third kappa shape index (κ3) is 5.89. The first-order valence-electron chi connectivity index (χ1n) is 8.04. The fourth-order valence-corrected chi connectivity index (χ4v) is 2.87. The number of hydrogen-bond acceptors (Lipinski definition) is 3. The molecule has 2 amide bonds. The Morgan fingerprint density at radius 3 is 2.32 bits per heavy atom. The van der Waals surface area contributed by atoms with E-state index in [4.69, 9.17) is 10.2 Å². The van der Waals surface area contributed by atoms with E-state index >= 15 is 0 Å². The summed E-state index contributed by atoms with van der Waals surface area (Å²) in [6, 6.07) is 1.81. The molecule has 0 bridgehead atoms. The van der Waals surface area contributed by atoms with E-state index in [0.717, 1.165) is 18.2 Å². The van der Waals surface area contributed by atoms with Crippen LogP contribution in [0.2, 0.25) is 18.1 Å². The van der Waals surface area contributed by atoms with Gasteiger partial charge in [0.15, 0.2) is 20.0 Å². The minimum atomic E-state index is -1.98. The Bertz CT molecular complexity index is 645. The molecule has 0 spiro atoms. The Labute approximate surface area is 148 Å².